The maximum absolute atomic E-state index is 8.70. The molecule has 2 N–H and O–H groups in total. The van der Waals surface area contributed by atoms with Crippen LogP contribution in [-0.2, 0) is 25.6 Å². The van der Waals surface area contributed by atoms with Crippen LogP contribution < -0.4 is 0 Å². The van der Waals surface area contributed by atoms with Gasteiger partial charge < -0.3 is 7.43 Å². The van der Waals surface area contributed by atoms with Crippen molar-refractivity contribution >= 4 is 8.25 Å². The monoisotopic (exact) mass is 280 g/mol. The molecule has 0 atom stereocenters. The van der Waals surface area contributed by atoms with Crippen molar-refractivity contribution in [2.24, 2.45) is 0 Å². The van der Waals surface area contributed by atoms with E-state index in [-0.39, 0.29) is 28.5 Å². The summed E-state index contributed by atoms with van der Waals surface area (Å²) in [7, 11) is -2.87. The Morgan fingerprint density at radius 1 is 1.33 bits per heavy atom. The van der Waals surface area contributed by atoms with E-state index in [1.807, 2.05) is 0 Å². The van der Waals surface area contributed by atoms with Crippen molar-refractivity contribution in [2.45, 2.75) is 0 Å². The first-order chi connectivity index (χ1) is 1.73. The van der Waals surface area contributed by atoms with Crippen LogP contribution in [0.15, 0.2) is 0 Å². The minimum absolute atomic E-state index is 0. The maximum Gasteiger partial charge on any atom is 0.692 e. The number of hydrogen-bond acceptors (Lipinski definition) is 1. The van der Waals surface area contributed by atoms with Crippen LogP contribution in [0.4, 0.5) is 0 Å². The van der Waals surface area contributed by atoms with Gasteiger partial charge in [0.1, 0.15) is 0 Å². The maximum atomic E-state index is 8.70. The molecule has 5 heteroatoms. The van der Waals surface area contributed by atoms with E-state index in [1.165, 1.54) is 0 Å². The van der Waals surface area contributed by atoms with Gasteiger partial charge in [-0.25, -0.2) is 0 Å². The van der Waals surface area contributed by atoms with Gasteiger partial charge in [-0.2, -0.15) is 0 Å². The van der Waals surface area contributed by atoms with Gasteiger partial charge in [0, 0.05) is 25.6 Å². The van der Waals surface area contributed by atoms with E-state index < -0.39 is 8.25 Å². The molecule has 0 saturated heterocycles. The third kappa shape index (κ3) is 129. The molecule has 0 saturated carbocycles. The van der Waals surface area contributed by atoms with Crippen LogP contribution in [0.1, 0.15) is 0 Å². The number of hydrogen-bond donors (Lipinski definition) is 2. The zero-order valence-corrected chi connectivity index (χ0v) is 6.99. The second kappa shape index (κ2) is 9.20. The van der Waals surface area contributed by atoms with E-state index in [0.29, 0.717) is 0 Å². The number of rotatable bonds is 0. The van der Waals surface area contributed by atoms with Crippen LogP contribution in [0.2, 0.25) is 0 Å². The van der Waals surface area contributed by atoms with Gasteiger partial charge in [-0.15, -0.1) is 9.79 Å². The van der Waals surface area contributed by atoms with Crippen LogP contribution in [0, 0.1) is 7.43 Å². The molecule has 0 bridgehead atoms. The Hall–Kier alpha value is 0.708. The third-order valence-corrected chi connectivity index (χ3v) is 0. The minimum atomic E-state index is -2.87. The fourth-order valence-corrected chi connectivity index (χ4v) is 0. The summed E-state index contributed by atoms with van der Waals surface area (Å²) in [5.74, 6) is 0. The van der Waals surface area contributed by atoms with Gasteiger partial charge in [-0.1, -0.05) is 0 Å². The molecule has 3 nitrogen and oxygen atoms in total. The van der Waals surface area contributed by atoms with Gasteiger partial charge in [-0.05, 0) is 0 Å². The molecule has 0 unspecified atom stereocenters. The Balaban J connectivity index is -0.0000000450. The van der Waals surface area contributed by atoms with E-state index in [4.69, 9.17) is 14.4 Å². The molecule has 0 spiro atoms. The van der Waals surface area contributed by atoms with Crippen LogP contribution in [0.25, 0.3) is 0 Å². The molecule has 0 aromatic heterocycles. The van der Waals surface area contributed by atoms with E-state index in [0.717, 1.165) is 0 Å². The largest absolute Gasteiger partial charge is 0.692 e. The standard InChI is InChI=1S/CH3.HO3P.W/c;1-4(2)3;/h1H3;(H-,1,2,3);/q-1;;/p+1. The summed E-state index contributed by atoms with van der Waals surface area (Å²) in [6.45, 7) is 0. The summed E-state index contributed by atoms with van der Waals surface area (Å²) in [4.78, 5) is 14.2. The van der Waals surface area contributed by atoms with Gasteiger partial charge in [0.05, 0.1) is 0 Å². The van der Waals surface area contributed by atoms with E-state index in [2.05, 4.69) is 0 Å². The zero-order valence-electron chi connectivity index (χ0n) is 3.16. The van der Waals surface area contributed by atoms with Crippen molar-refractivity contribution in [3.8, 4) is 0 Å². The summed E-state index contributed by atoms with van der Waals surface area (Å²) in [6.07, 6.45) is 0. The Morgan fingerprint density at radius 2 is 1.33 bits per heavy atom. The van der Waals surface area contributed by atoms with Gasteiger partial charge in [0.15, 0.2) is 0 Å². The predicted molar refractivity (Wildman–Crippen MR) is 18.5 cm³/mol. The van der Waals surface area contributed by atoms with E-state index >= 15 is 0 Å². The normalized spacial score (nSPS) is 4.33. The smallest absolute Gasteiger partial charge is 0.358 e. The predicted octanol–water partition coefficient (Wildman–Crippen LogP) is 0.0762. The van der Waals surface area contributed by atoms with Gasteiger partial charge in [0.2, 0.25) is 0 Å². The first-order valence-electron chi connectivity index (χ1n) is 0.583. The molecular weight excluding hydrogens is 275 g/mol. The van der Waals surface area contributed by atoms with Crippen molar-refractivity contribution in [1.29, 1.82) is 0 Å². The molecule has 0 aromatic carbocycles. The summed E-state index contributed by atoms with van der Waals surface area (Å²) >= 11 is 0. The molecule has 0 aliphatic heterocycles. The Morgan fingerprint density at radius 3 is 1.33 bits per heavy atom. The summed E-state index contributed by atoms with van der Waals surface area (Å²) in [6, 6.07) is 0. The Labute approximate surface area is 51.6 Å². The summed E-state index contributed by atoms with van der Waals surface area (Å²) in [5.41, 5.74) is 0. The second-order valence-electron chi connectivity index (χ2n) is 0.253. The van der Waals surface area contributed by atoms with Gasteiger partial charge in [0.25, 0.3) is 0 Å². The second-order valence-corrected chi connectivity index (χ2v) is 0.758. The van der Waals surface area contributed by atoms with Crippen LogP contribution in [-0.4, -0.2) is 9.79 Å². The van der Waals surface area contributed by atoms with Crippen molar-refractivity contribution < 1.29 is 35.4 Å². The molecule has 0 aromatic rings. The minimum Gasteiger partial charge on any atom is -0.358 e. The molecule has 0 aliphatic rings. The topological polar surface area (TPSA) is 57.5 Å². The van der Waals surface area contributed by atoms with E-state index in [9.17, 15) is 0 Å². The first-order valence-corrected chi connectivity index (χ1v) is 1.75. The average molecular weight is 280 g/mol. The molecule has 0 heterocycles. The molecule has 38 valence electrons. The molecule has 0 radical (unpaired) electrons. The third-order valence-electron chi connectivity index (χ3n) is 0. The van der Waals surface area contributed by atoms with Crippen LogP contribution in [0.5, 0.6) is 0 Å². The fraction of sp³-hybridized carbons (Fsp3) is 0. The Kier molecular flexibility index (Phi) is 24.4. The molecule has 0 rings (SSSR count). The van der Waals surface area contributed by atoms with Crippen molar-refractivity contribution in [3.05, 3.63) is 7.43 Å². The van der Waals surface area contributed by atoms with Gasteiger partial charge >= 0.3 is 8.25 Å². The Bertz CT molecular complexity index is 33.8. The van der Waals surface area contributed by atoms with Gasteiger partial charge in [-0.3, -0.25) is 0 Å². The van der Waals surface area contributed by atoms with E-state index in [1.54, 1.807) is 0 Å². The van der Waals surface area contributed by atoms with Crippen molar-refractivity contribution in [2.75, 3.05) is 0 Å². The molecule has 0 aliphatic carbocycles. The molecule has 6 heavy (non-hydrogen) atoms. The summed E-state index contributed by atoms with van der Waals surface area (Å²) in [5, 5.41) is 0. The quantitative estimate of drug-likeness (QED) is 0.488. The SMILES string of the molecule is O=[P+](O)O.[CH3-].[W]. The van der Waals surface area contributed by atoms with Crippen molar-refractivity contribution in [1.82, 2.24) is 0 Å². The molecule has 0 amide bonds. The fourth-order valence-electron chi connectivity index (χ4n) is 0. The summed E-state index contributed by atoms with van der Waals surface area (Å²) < 4.78 is 8.70. The van der Waals surface area contributed by atoms with Crippen molar-refractivity contribution in [3.63, 3.8) is 0 Å². The first kappa shape index (κ1) is 15.9. The average Bonchev–Trinajstić information content (AvgIpc) is 0.811. The van der Waals surface area contributed by atoms with Crippen LogP contribution >= 0.6 is 8.25 Å². The molecular formula is CH5O3PW. The zero-order chi connectivity index (χ0) is 3.58. The van der Waals surface area contributed by atoms with Crippen LogP contribution in [0.3, 0.4) is 0 Å². The molecule has 0 fully saturated rings.